The molecule has 0 aliphatic carbocycles. The summed E-state index contributed by atoms with van der Waals surface area (Å²) in [4.78, 5) is 26.7. The minimum atomic E-state index is -0.245. The number of aromatic nitrogens is 1. The molecule has 0 fully saturated rings. The van der Waals surface area contributed by atoms with E-state index < -0.39 is 0 Å². The first kappa shape index (κ1) is 17.2. The van der Waals surface area contributed by atoms with Gasteiger partial charge in [0.2, 0.25) is 5.91 Å². The van der Waals surface area contributed by atoms with Gasteiger partial charge in [-0.3, -0.25) is 9.59 Å². The fourth-order valence-electron chi connectivity index (χ4n) is 2.83. The molecule has 1 aliphatic rings. The van der Waals surface area contributed by atoms with Crippen molar-refractivity contribution >= 4 is 28.4 Å². The lowest BCUT2D eigenvalue weighted by atomic mass is 9.90. The first-order valence-electron chi connectivity index (χ1n) is 8.36. The highest BCUT2D eigenvalue weighted by Crippen LogP contribution is 2.27. The van der Waals surface area contributed by atoms with Crippen LogP contribution in [0.5, 0.6) is 0 Å². The third kappa shape index (κ3) is 3.16. The summed E-state index contributed by atoms with van der Waals surface area (Å²) < 4.78 is 2.00. The first-order valence-corrected chi connectivity index (χ1v) is 8.36. The molecule has 0 unspecified atom stereocenters. The lowest BCUT2D eigenvalue weighted by Crippen LogP contribution is -2.38. The van der Waals surface area contributed by atoms with Crippen LogP contribution in [0.2, 0.25) is 0 Å². The molecule has 2 amide bonds. The first-order chi connectivity index (χ1) is 11.7. The number of hydrazone groups is 1. The zero-order valence-corrected chi connectivity index (χ0v) is 15.4. The molecule has 0 atom stereocenters. The summed E-state index contributed by atoms with van der Waals surface area (Å²) in [6.45, 7) is 6.68. The van der Waals surface area contributed by atoms with Gasteiger partial charge in [-0.05, 0) is 12.1 Å². The van der Waals surface area contributed by atoms with Crippen LogP contribution in [0.15, 0.2) is 35.4 Å². The molecule has 132 valence electrons. The molecule has 1 aromatic carbocycles. The Morgan fingerprint density at radius 1 is 1.24 bits per heavy atom. The summed E-state index contributed by atoms with van der Waals surface area (Å²) in [5.74, 6) is -0.402. The number of carbonyl (C=O) groups is 2. The van der Waals surface area contributed by atoms with Gasteiger partial charge in [-0.25, -0.2) is 5.01 Å². The van der Waals surface area contributed by atoms with E-state index in [1.165, 1.54) is 9.91 Å². The van der Waals surface area contributed by atoms with Gasteiger partial charge in [-0.2, -0.15) is 5.10 Å². The molecule has 0 saturated carbocycles. The zero-order valence-electron chi connectivity index (χ0n) is 15.4. The van der Waals surface area contributed by atoms with E-state index >= 15 is 0 Å². The van der Waals surface area contributed by atoms with Crippen LogP contribution >= 0.6 is 0 Å². The molecule has 2 aromatic rings. The number of rotatable bonds is 2. The van der Waals surface area contributed by atoms with E-state index in [0.29, 0.717) is 12.2 Å². The Labute approximate surface area is 147 Å². The maximum absolute atomic E-state index is 13.1. The van der Waals surface area contributed by atoms with Crippen LogP contribution in [-0.4, -0.2) is 52.6 Å². The van der Waals surface area contributed by atoms with Gasteiger partial charge < -0.3 is 9.47 Å². The van der Waals surface area contributed by atoms with Gasteiger partial charge in [0.05, 0.1) is 12.3 Å². The smallest absolute Gasteiger partial charge is 0.291 e. The zero-order chi connectivity index (χ0) is 18.4. The van der Waals surface area contributed by atoms with E-state index in [-0.39, 0.29) is 23.8 Å². The van der Waals surface area contributed by atoms with Crippen molar-refractivity contribution in [2.45, 2.75) is 27.3 Å². The number of para-hydroxylation sites is 1. The van der Waals surface area contributed by atoms with Crippen molar-refractivity contribution in [3.63, 3.8) is 0 Å². The van der Waals surface area contributed by atoms with Gasteiger partial charge in [0.25, 0.3) is 5.91 Å². The molecule has 0 radical (unpaired) electrons. The van der Waals surface area contributed by atoms with Crippen LogP contribution in [0.4, 0.5) is 0 Å². The van der Waals surface area contributed by atoms with Crippen molar-refractivity contribution in [2.24, 2.45) is 10.5 Å². The summed E-state index contributed by atoms with van der Waals surface area (Å²) in [5.41, 5.74) is 2.22. The summed E-state index contributed by atoms with van der Waals surface area (Å²) in [5, 5.41) is 6.90. The van der Waals surface area contributed by atoms with E-state index in [2.05, 4.69) is 25.9 Å². The normalized spacial score (nSPS) is 15.0. The van der Waals surface area contributed by atoms with Crippen molar-refractivity contribution in [1.29, 1.82) is 0 Å². The lowest BCUT2D eigenvalue weighted by Gasteiger charge is -2.23. The average molecular weight is 340 g/mol. The van der Waals surface area contributed by atoms with E-state index in [1.54, 1.807) is 14.1 Å². The number of fused-ring (bicyclic) bond motifs is 3. The third-order valence-corrected chi connectivity index (χ3v) is 4.46. The van der Waals surface area contributed by atoms with E-state index in [0.717, 1.165) is 16.6 Å². The number of nitrogens with zero attached hydrogens (tertiary/aromatic N) is 4. The lowest BCUT2D eigenvalue weighted by molar-refractivity contribution is -0.129. The van der Waals surface area contributed by atoms with Gasteiger partial charge in [0.15, 0.2) is 0 Å². The van der Waals surface area contributed by atoms with Crippen molar-refractivity contribution in [3.8, 4) is 0 Å². The molecule has 0 spiro atoms. The predicted molar refractivity (Wildman–Crippen MR) is 98.6 cm³/mol. The Bertz CT molecular complexity index is 871. The van der Waals surface area contributed by atoms with Gasteiger partial charge in [-0.15, -0.1) is 0 Å². The largest absolute Gasteiger partial charge is 0.347 e. The quantitative estimate of drug-likeness (QED) is 0.844. The number of hydrogen-bond acceptors (Lipinski definition) is 3. The van der Waals surface area contributed by atoms with Gasteiger partial charge in [-0.1, -0.05) is 39.0 Å². The van der Waals surface area contributed by atoms with Crippen LogP contribution in [0, 0.1) is 5.41 Å². The minimum absolute atomic E-state index is 0.0626. The van der Waals surface area contributed by atoms with Crippen LogP contribution < -0.4 is 0 Å². The number of benzene rings is 1. The molecule has 0 N–H and O–H groups in total. The van der Waals surface area contributed by atoms with Gasteiger partial charge >= 0.3 is 0 Å². The monoisotopic (exact) mass is 340 g/mol. The van der Waals surface area contributed by atoms with Crippen molar-refractivity contribution in [3.05, 3.63) is 36.0 Å². The predicted octanol–water partition coefficient (Wildman–Crippen LogP) is 2.59. The highest BCUT2D eigenvalue weighted by molar-refractivity contribution is 6.03. The maximum atomic E-state index is 13.1. The molecule has 0 saturated heterocycles. The maximum Gasteiger partial charge on any atom is 0.291 e. The van der Waals surface area contributed by atoms with Crippen molar-refractivity contribution < 1.29 is 9.59 Å². The summed E-state index contributed by atoms with van der Waals surface area (Å²) in [6, 6.07) is 9.80. The SMILES string of the molecule is CN(C)C(=O)CN1N=C(C(C)(C)C)Cn2c(cc3ccccc32)C1=O. The second-order valence-corrected chi connectivity index (χ2v) is 7.62. The molecule has 0 bridgehead atoms. The Balaban J connectivity index is 2.14. The van der Waals surface area contributed by atoms with Gasteiger partial charge in [0.1, 0.15) is 12.2 Å². The highest BCUT2D eigenvalue weighted by Gasteiger charge is 2.31. The molecular weight excluding hydrogens is 316 g/mol. The van der Waals surface area contributed by atoms with Crippen molar-refractivity contribution in [2.75, 3.05) is 20.6 Å². The average Bonchev–Trinajstić information content (AvgIpc) is 2.83. The molecule has 25 heavy (non-hydrogen) atoms. The molecule has 6 heteroatoms. The third-order valence-electron chi connectivity index (χ3n) is 4.46. The van der Waals surface area contributed by atoms with Crippen LogP contribution in [-0.2, 0) is 11.3 Å². The Kier molecular flexibility index (Phi) is 4.14. The molecular formula is C19H24N4O2. The van der Waals surface area contributed by atoms with Crippen LogP contribution in [0.3, 0.4) is 0 Å². The van der Waals surface area contributed by atoms with E-state index in [1.807, 2.05) is 34.9 Å². The van der Waals surface area contributed by atoms with Gasteiger partial charge in [0, 0.05) is 30.4 Å². The van der Waals surface area contributed by atoms with E-state index in [9.17, 15) is 9.59 Å². The Morgan fingerprint density at radius 2 is 1.92 bits per heavy atom. The Morgan fingerprint density at radius 3 is 2.56 bits per heavy atom. The number of likely N-dealkylation sites (N-methyl/N-ethyl adjacent to an activating group) is 1. The summed E-state index contributed by atoms with van der Waals surface area (Å²) in [6.07, 6.45) is 0. The molecule has 2 heterocycles. The number of hydrogen-bond donors (Lipinski definition) is 0. The minimum Gasteiger partial charge on any atom is -0.347 e. The molecule has 3 rings (SSSR count). The molecule has 6 nitrogen and oxygen atoms in total. The second kappa shape index (κ2) is 6.02. The van der Waals surface area contributed by atoms with Crippen LogP contribution in [0.1, 0.15) is 31.3 Å². The van der Waals surface area contributed by atoms with Crippen molar-refractivity contribution in [1.82, 2.24) is 14.5 Å². The molecule has 1 aromatic heterocycles. The van der Waals surface area contributed by atoms with E-state index in [4.69, 9.17) is 0 Å². The fraction of sp³-hybridized carbons (Fsp3) is 0.421. The molecule has 1 aliphatic heterocycles. The summed E-state index contributed by atoms with van der Waals surface area (Å²) >= 11 is 0. The highest BCUT2D eigenvalue weighted by atomic mass is 16.2. The Hall–Kier alpha value is -2.63. The standard InChI is InChI=1S/C19H24N4O2/c1-19(2,3)16-11-22-14-9-7-6-8-13(14)10-15(22)18(25)23(20-16)12-17(24)21(4)5/h6-10H,11-12H2,1-5H3. The summed E-state index contributed by atoms with van der Waals surface area (Å²) in [7, 11) is 3.35. The van der Waals surface area contributed by atoms with Crippen LogP contribution in [0.25, 0.3) is 10.9 Å². The number of carbonyl (C=O) groups excluding carboxylic acids is 2. The number of amides is 2. The topological polar surface area (TPSA) is 57.9 Å². The second-order valence-electron chi connectivity index (χ2n) is 7.62. The fourth-order valence-corrected chi connectivity index (χ4v) is 2.83.